The van der Waals surface area contributed by atoms with Gasteiger partial charge in [-0.25, -0.2) is 0 Å². The van der Waals surface area contributed by atoms with E-state index in [4.69, 9.17) is 0 Å². The lowest BCUT2D eigenvalue weighted by Crippen LogP contribution is -2.28. The van der Waals surface area contributed by atoms with E-state index >= 15 is 0 Å². The molecule has 2 nitrogen and oxygen atoms in total. The van der Waals surface area contributed by atoms with Gasteiger partial charge < -0.3 is 0 Å². The smallest absolute Gasteiger partial charge is 0.0923 e. The Balaban J connectivity index is 1.82. The Labute approximate surface area is 49.9 Å². The molecule has 2 saturated heterocycles. The van der Waals surface area contributed by atoms with Gasteiger partial charge in [-0.1, -0.05) is 6.92 Å². The predicted octanol–water partition coefficient (Wildman–Crippen LogP) is 0.356. The summed E-state index contributed by atoms with van der Waals surface area (Å²) in [5, 5.41) is 3.29. The lowest BCUT2D eigenvalue weighted by Gasteiger charge is -2.14. The molecule has 3 unspecified atom stereocenters. The third-order valence-electron chi connectivity index (χ3n) is 2.18. The molecule has 0 aromatic rings. The number of nitrogens with zero attached hydrogens (tertiary/aromatic N) is 1. The van der Waals surface area contributed by atoms with Gasteiger partial charge in [0.2, 0.25) is 0 Å². The fourth-order valence-electron chi connectivity index (χ4n) is 1.22. The minimum Gasteiger partial charge on any atom is -0.281 e. The van der Waals surface area contributed by atoms with E-state index in [-0.39, 0.29) is 0 Å². The first kappa shape index (κ1) is 4.77. The van der Waals surface area contributed by atoms with E-state index < -0.39 is 0 Å². The van der Waals surface area contributed by atoms with Crippen molar-refractivity contribution in [3.63, 3.8) is 0 Å². The van der Waals surface area contributed by atoms with Crippen LogP contribution in [0.3, 0.4) is 0 Å². The number of fused-ring (bicyclic) bond motifs is 1. The van der Waals surface area contributed by atoms with Crippen LogP contribution >= 0.6 is 0 Å². The molecular weight excluding hydrogens is 100 g/mol. The fraction of sp³-hybridized carbons (Fsp3) is 1.00. The third-order valence-corrected chi connectivity index (χ3v) is 2.18. The van der Waals surface area contributed by atoms with E-state index in [1.165, 1.54) is 6.42 Å². The van der Waals surface area contributed by atoms with Crippen molar-refractivity contribution in [3.8, 4) is 0 Å². The van der Waals surface area contributed by atoms with Gasteiger partial charge in [-0.3, -0.25) is 10.2 Å². The molecule has 0 bridgehead atoms. The fourth-order valence-corrected chi connectivity index (χ4v) is 1.22. The summed E-state index contributed by atoms with van der Waals surface area (Å²) in [7, 11) is 0. The first-order valence-electron chi connectivity index (χ1n) is 3.38. The summed E-state index contributed by atoms with van der Waals surface area (Å²) in [6.45, 7) is 4.52. The van der Waals surface area contributed by atoms with Gasteiger partial charge in [0.1, 0.15) is 0 Å². The molecule has 0 saturated carbocycles. The number of rotatable bonds is 2. The average Bonchev–Trinajstić information content (AvgIpc) is 2.47. The summed E-state index contributed by atoms with van der Waals surface area (Å²) in [5.74, 6) is 0. The van der Waals surface area contributed by atoms with Crippen molar-refractivity contribution < 1.29 is 0 Å². The zero-order chi connectivity index (χ0) is 5.72. The highest BCUT2D eigenvalue weighted by atomic mass is 15.7. The van der Waals surface area contributed by atoms with E-state index in [1.807, 2.05) is 0 Å². The lowest BCUT2D eigenvalue weighted by molar-refractivity contribution is 0.293. The molecule has 2 fully saturated rings. The van der Waals surface area contributed by atoms with Crippen molar-refractivity contribution in [2.45, 2.75) is 38.6 Å². The molecule has 0 aliphatic carbocycles. The number of hydrogen-bond donors (Lipinski definition) is 1. The zero-order valence-electron chi connectivity index (χ0n) is 5.39. The third kappa shape index (κ3) is 0.446. The maximum Gasteiger partial charge on any atom is 0.0923 e. The number of hydrogen-bond acceptors (Lipinski definition) is 2. The highest BCUT2D eigenvalue weighted by molar-refractivity contribution is 5.15. The molecule has 3 atom stereocenters. The van der Waals surface area contributed by atoms with Crippen LogP contribution in [0.15, 0.2) is 0 Å². The lowest BCUT2D eigenvalue weighted by atomic mass is 10.3. The van der Waals surface area contributed by atoms with Crippen LogP contribution in [-0.4, -0.2) is 23.3 Å². The van der Waals surface area contributed by atoms with E-state index in [2.05, 4.69) is 24.1 Å². The van der Waals surface area contributed by atoms with Gasteiger partial charge in [-0.05, 0) is 13.3 Å². The molecule has 8 heavy (non-hydrogen) atoms. The van der Waals surface area contributed by atoms with Crippen molar-refractivity contribution >= 4 is 0 Å². The summed E-state index contributed by atoms with van der Waals surface area (Å²) in [6, 6.07) is 0.811. The minimum atomic E-state index is 0.796. The first-order valence-corrected chi connectivity index (χ1v) is 3.38. The van der Waals surface area contributed by atoms with E-state index in [9.17, 15) is 0 Å². The van der Waals surface area contributed by atoms with Crippen molar-refractivity contribution in [2.75, 3.05) is 0 Å². The van der Waals surface area contributed by atoms with Crippen LogP contribution in [0.4, 0.5) is 0 Å². The zero-order valence-corrected chi connectivity index (χ0v) is 5.39. The highest BCUT2D eigenvalue weighted by Crippen LogP contribution is 2.40. The molecule has 0 aromatic heterocycles. The second kappa shape index (κ2) is 1.25. The largest absolute Gasteiger partial charge is 0.281 e. The van der Waals surface area contributed by atoms with Crippen molar-refractivity contribution in [2.24, 2.45) is 0 Å². The Morgan fingerprint density at radius 3 is 2.38 bits per heavy atom. The van der Waals surface area contributed by atoms with Gasteiger partial charge in [0.25, 0.3) is 0 Å². The Kier molecular flexibility index (Phi) is 0.746. The maximum atomic E-state index is 3.29. The highest BCUT2D eigenvalue weighted by Gasteiger charge is 2.63. The van der Waals surface area contributed by atoms with Crippen LogP contribution < -0.4 is 5.32 Å². The first-order chi connectivity index (χ1) is 3.84. The summed E-state index contributed by atoms with van der Waals surface area (Å²) < 4.78 is 0. The van der Waals surface area contributed by atoms with Gasteiger partial charge in [0.15, 0.2) is 0 Å². The number of nitrogens with one attached hydrogen (secondary N) is 1. The van der Waals surface area contributed by atoms with Crippen molar-refractivity contribution in [1.29, 1.82) is 0 Å². The minimum absolute atomic E-state index is 0.796. The Bertz CT molecular complexity index is 105. The predicted molar refractivity (Wildman–Crippen MR) is 32.3 cm³/mol. The second-order valence-electron chi connectivity index (χ2n) is 2.76. The molecule has 2 rings (SSSR count). The Hall–Kier alpha value is -0.0800. The van der Waals surface area contributed by atoms with Crippen LogP contribution in [0.5, 0.6) is 0 Å². The molecule has 2 heterocycles. The SMILES string of the molecule is CCC(C)N1C2NC21. The molecule has 46 valence electrons. The summed E-state index contributed by atoms with van der Waals surface area (Å²) in [6.07, 6.45) is 2.88. The van der Waals surface area contributed by atoms with Crippen molar-refractivity contribution in [3.05, 3.63) is 0 Å². The Morgan fingerprint density at radius 1 is 1.62 bits per heavy atom. The topological polar surface area (TPSA) is 25.0 Å². The molecule has 1 N–H and O–H groups in total. The summed E-state index contributed by atoms with van der Waals surface area (Å²) >= 11 is 0. The average molecular weight is 112 g/mol. The monoisotopic (exact) mass is 112 g/mol. The summed E-state index contributed by atoms with van der Waals surface area (Å²) in [4.78, 5) is 2.50. The van der Waals surface area contributed by atoms with Gasteiger partial charge in [-0.15, -0.1) is 0 Å². The molecule has 0 aromatic carbocycles. The Morgan fingerprint density at radius 2 is 2.25 bits per heavy atom. The molecule has 0 radical (unpaired) electrons. The van der Waals surface area contributed by atoms with Gasteiger partial charge >= 0.3 is 0 Å². The molecule has 2 aliphatic rings. The molecule has 0 amide bonds. The van der Waals surface area contributed by atoms with E-state index in [1.54, 1.807) is 0 Å². The van der Waals surface area contributed by atoms with E-state index in [0.717, 1.165) is 18.4 Å². The molecular formula is C6H12N2. The van der Waals surface area contributed by atoms with Crippen LogP contribution in [0.25, 0.3) is 0 Å². The van der Waals surface area contributed by atoms with Crippen LogP contribution in [0.2, 0.25) is 0 Å². The maximum absolute atomic E-state index is 3.29. The standard InChI is InChI=1S/C6H12N2/c1-3-4(2)8-5-6(8)7-5/h4-7H,3H2,1-2H3. The molecule has 2 aliphatic heterocycles. The molecule has 2 heteroatoms. The van der Waals surface area contributed by atoms with Crippen molar-refractivity contribution in [1.82, 2.24) is 10.2 Å². The van der Waals surface area contributed by atoms with E-state index in [0.29, 0.717) is 0 Å². The van der Waals surface area contributed by atoms with Gasteiger partial charge in [0, 0.05) is 6.04 Å². The molecule has 0 spiro atoms. The van der Waals surface area contributed by atoms with Gasteiger partial charge in [-0.2, -0.15) is 0 Å². The van der Waals surface area contributed by atoms with Crippen LogP contribution in [-0.2, 0) is 0 Å². The van der Waals surface area contributed by atoms with Crippen LogP contribution in [0.1, 0.15) is 20.3 Å². The van der Waals surface area contributed by atoms with Gasteiger partial charge in [0.05, 0.1) is 12.3 Å². The summed E-state index contributed by atoms with van der Waals surface area (Å²) in [5.41, 5.74) is 0. The second-order valence-corrected chi connectivity index (χ2v) is 2.76. The quantitative estimate of drug-likeness (QED) is 0.521. The normalized spacial score (nSPS) is 52.5. The van der Waals surface area contributed by atoms with Crippen LogP contribution in [0, 0.1) is 0 Å².